The van der Waals surface area contributed by atoms with Gasteiger partial charge in [-0.2, -0.15) is 0 Å². The molecule has 1 heterocycles. The monoisotopic (exact) mass is 226 g/mol. The number of nitrogens with zero attached hydrogens (tertiary/aromatic N) is 1. The summed E-state index contributed by atoms with van der Waals surface area (Å²) in [4.78, 5) is 13.9. The van der Waals surface area contributed by atoms with E-state index in [4.69, 9.17) is 4.74 Å². The molecule has 1 saturated carbocycles. The summed E-state index contributed by atoms with van der Waals surface area (Å²) in [7, 11) is 1.73. The molecule has 0 bridgehead atoms. The zero-order chi connectivity index (χ0) is 11.4. The second-order valence-electron chi connectivity index (χ2n) is 4.88. The van der Waals surface area contributed by atoms with Gasteiger partial charge in [0.25, 0.3) is 0 Å². The van der Waals surface area contributed by atoms with E-state index >= 15 is 0 Å². The number of amides is 2. The van der Waals surface area contributed by atoms with Crippen LogP contribution in [0.3, 0.4) is 0 Å². The van der Waals surface area contributed by atoms with Crippen LogP contribution in [0.1, 0.15) is 38.5 Å². The Hall–Kier alpha value is -0.770. The molecule has 4 nitrogen and oxygen atoms in total. The van der Waals surface area contributed by atoms with Gasteiger partial charge in [-0.1, -0.05) is 12.8 Å². The highest BCUT2D eigenvalue weighted by Gasteiger charge is 2.31. The van der Waals surface area contributed by atoms with E-state index in [-0.39, 0.29) is 6.03 Å². The summed E-state index contributed by atoms with van der Waals surface area (Å²) in [5, 5.41) is 3.09. The van der Waals surface area contributed by atoms with Crippen LogP contribution in [0.5, 0.6) is 0 Å². The fourth-order valence-electron chi connectivity index (χ4n) is 2.42. The normalized spacial score (nSPS) is 30.4. The number of hydrogen-bond acceptors (Lipinski definition) is 2. The van der Waals surface area contributed by atoms with Crippen molar-refractivity contribution in [3.05, 3.63) is 0 Å². The summed E-state index contributed by atoms with van der Waals surface area (Å²) in [5.41, 5.74) is 0. The summed E-state index contributed by atoms with van der Waals surface area (Å²) in [6.07, 6.45) is 7.12. The van der Waals surface area contributed by atoms with Crippen molar-refractivity contribution >= 4 is 6.03 Å². The van der Waals surface area contributed by atoms with Crippen molar-refractivity contribution < 1.29 is 9.53 Å². The summed E-state index contributed by atoms with van der Waals surface area (Å²) in [6.45, 7) is 1.85. The molecule has 2 amide bonds. The van der Waals surface area contributed by atoms with E-state index in [0.29, 0.717) is 12.1 Å². The molecule has 0 radical (unpaired) electrons. The highest BCUT2D eigenvalue weighted by atomic mass is 16.5. The third kappa shape index (κ3) is 2.88. The summed E-state index contributed by atoms with van der Waals surface area (Å²) in [6, 6.07) is 0.460. The van der Waals surface area contributed by atoms with Gasteiger partial charge in [0.15, 0.2) is 0 Å². The van der Waals surface area contributed by atoms with Crippen molar-refractivity contribution in [1.82, 2.24) is 10.2 Å². The molecule has 92 valence electrons. The molecule has 4 heteroatoms. The lowest BCUT2D eigenvalue weighted by molar-refractivity contribution is 0.0192. The first-order chi connectivity index (χ1) is 7.79. The third-order valence-electron chi connectivity index (χ3n) is 3.65. The summed E-state index contributed by atoms with van der Waals surface area (Å²) < 4.78 is 5.20. The molecule has 1 N–H and O–H groups in total. The van der Waals surface area contributed by atoms with Gasteiger partial charge in [-0.05, 0) is 25.7 Å². The smallest absolute Gasteiger partial charge is 0.317 e. The molecule has 0 unspecified atom stereocenters. The molecule has 0 atom stereocenters. The Kier molecular flexibility index (Phi) is 4.04. The third-order valence-corrected chi connectivity index (χ3v) is 3.65. The van der Waals surface area contributed by atoms with E-state index in [9.17, 15) is 4.79 Å². The van der Waals surface area contributed by atoms with E-state index < -0.39 is 0 Å². The zero-order valence-corrected chi connectivity index (χ0v) is 10.1. The van der Waals surface area contributed by atoms with Gasteiger partial charge in [0.1, 0.15) is 0 Å². The van der Waals surface area contributed by atoms with Gasteiger partial charge in [0.2, 0.25) is 0 Å². The van der Waals surface area contributed by atoms with Gasteiger partial charge in [-0.25, -0.2) is 4.79 Å². The lowest BCUT2D eigenvalue weighted by Gasteiger charge is -2.36. The van der Waals surface area contributed by atoms with Gasteiger partial charge >= 0.3 is 6.03 Å². The van der Waals surface area contributed by atoms with Crippen LogP contribution in [0.4, 0.5) is 4.79 Å². The number of carbonyl (C=O) groups excluding carboxylic acids is 1. The molecular weight excluding hydrogens is 204 g/mol. The van der Waals surface area contributed by atoms with Crippen LogP contribution in [0.25, 0.3) is 0 Å². The maximum absolute atomic E-state index is 11.9. The number of methoxy groups -OCH3 is 1. The van der Waals surface area contributed by atoms with Crippen LogP contribution in [0.15, 0.2) is 0 Å². The maximum atomic E-state index is 11.9. The summed E-state index contributed by atoms with van der Waals surface area (Å²) >= 11 is 0. The number of rotatable bonds is 2. The minimum atomic E-state index is 0.126. The Labute approximate surface area is 97.3 Å². The minimum Gasteiger partial charge on any atom is -0.381 e. The van der Waals surface area contributed by atoms with Gasteiger partial charge in [0.05, 0.1) is 6.10 Å². The number of carbonyl (C=O) groups is 1. The predicted octanol–water partition coefficient (Wildman–Crippen LogP) is 1.75. The van der Waals surface area contributed by atoms with Gasteiger partial charge in [0, 0.05) is 26.2 Å². The highest BCUT2D eigenvalue weighted by Crippen LogP contribution is 2.22. The molecule has 1 saturated heterocycles. The summed E-state index contributed by atoms with van der Waals surface area (Å²) in [5.74, 6) is 0. The van der Waals surface area contributed by atoms with Crippen LogP contribution in [-0.2, 0) is 4.74 Å². The molecule has 2 fully saturated rings. The number of urea groups is 1. The van der Waals surface area contributed by atoms with E-state index in [1.807, 2.05) is 4.90 Å². The lowest BCUT2D eigenvalue weighted by atomic mass is 9.89. The number of nitrogens with one attached hydrogen (secondary N) is 1. The zero-order valence-electron chi connectivity index (χ0n) is 10.1. The minimum absolute atomic E-state index is 0.126. The Morgan fingerprint density at radius 3 is 2.38 bits per heavy atom. The Morgan fingerprint density at radius 2 is 1.81 bits per heavy atom. The van der Waals surface area contributed by atoms with Crippen molar-refractivity contribution in [3.8, 4) is 0 Å². The van der Waals surface area contributed by atoms with Crippen LogP contribution >= 0.6 is 0 Å². The topological polar surface area (TPSA) is 41.6 Å². The van der Waals surface area contributed by atoms with E-state index in [0.717, 1.165) is 38.8 Å². The van der Waals surface area contributed by atoms with Gasteiger partial charge in [-0.15, -0.1) is 0 Å². The SMILES string of the molecule is COC1CC(NC(=O)N2CCCCCC2)C1. The molecule has 2 aliphatic rings. The average molecular weight is 226 g/mol. The van der Waals surface area contributed by atoms with Gasteiger partial charge < -0.3 is 15.0 Å². The molecular formula is C12H22N2O2. The quantitative estimate of drug-likeness (QED) is 0.779. The number of likely N-dealkylation sites (tertiary alicyclic amines) is 1. The Bertz CT molecular complexity index is 231. The first kappa shape index (κ1) is 11.7. The van der Waals surface area contributed by atoms with E-state index in [1.54, 1.807) is 7.11 Å². The molecule has 0 aromatic heterocycles. The maximum Gasteiger partial charge on any atom is 0.317 e. The Morgan fingerprint density at radius 1 is 1.19 bits per heavy atom. The van der Waals surface area contributed by atoms with Crippen molar-refractivity contribution in [2.75, 3.05) is 20.2 Å². The highest BCUT2D eigenvalue weighted by molar-refractivity contribution is 5.74. The first-order valence-electron chi connectivity index (χ1n) is 6.38. The molecule has 1 aliphatic heterocycles. The van der Waals surface area contributed by atoms with Gasteiger partial charge in [-0.3, -0.25) is 0 Å². The van der Waals surface area contributed by atoms with E-state index in [1.165, 1.54) is 12.8 Å². The Balaban J connectivity index is 1.70. The van der Waals surface area contributed by atoms with Crippen LogP contribution in [0, 0.1) is 0 Å². The predicted molar refractivity (Wildman–Crippen MR) is 62.4 cm³/mol. The molecule has 0 aromatic carbocycles. The molecule has 0 spiro atoms. The van der Waals surface area contributed by atoms with Crippen LogP contribution < -0.4 is 5.32 Å². The molecule has 16 heavy (non-hydrogen) atoms. The number of hydrogen-bond donors (Lipinski definition) is 1. The first-order valence-corrected chi connectivity index (χ1v) is 6.38. The van der Waals surface area contributed by atoms with Crippen LogP contribution in [-0.4, -0.2) is 43.3 Å². The van der Waals surface area contributed by atoms with E-state index in [2.05, 4.69) is 5.32 Å². The van der Waals surface area contributed by atoms with Crippen molar-refractivity contribution in [1.29, 1.82) is 0 Å². The largest absolute Gasteiger partial charge is 0.381 e. The molecule has 2 rings (SSSR count). The fraction of sp³-hybridized carbons (Fsp3) is 0.917. The van der Waals surface area contributed by atoms with Crippen LogP contribution in [0.2, 0.25) is 0 Å². The second kappa shape index (κ2) is 5.53. The molecule has 1 aliphatic carbocycles. The standard InChI is InChI=1S/C12H22N2O2/c1-16-11-8-10(9-11)13-12(15)14-6-4-2-3-5-7-14/h10-11H,2-9H2,1H3,(H,13,15). The average Bonchev–Trinajstić information content (AvgIpc) is 2.50. The van der Waals surface area contributed by atoms with Crippen molar-refractivity contribution in [2.24, 2.45) is 0 Å². The lowest BCUT2D eigenvalue weighted by Crippen LogP contribution is -2.52. The fourth-order valence-corrected chi connectivity index (χ4v) is 2.42. The molecule has 0 aromatic rings. The van der Waals surface area contributed by atoms with Crippen molar-refractivity contribution in [3.63, 3.8) is 0 Å². The second-order valence-corrected chi connectivity index (χ2v) is 4.88. The number of ether oxygens (including phenoxy) is 1. The van der Waals surface area contributed by atoms with Crippen molar-refractivity contribution in [2.45, 2.75) is 50.7 Å².